The summed E-state index contributed by atoms with van der Waals surface area (Å²) in [7, 11) is 0. The number of hydrogen-bond acceptors (Lipinski definition) is 5. The third kappa shape index (κ3) is 3.71. The molecule has 1 aromatic heterocycles. The van der Waals surface area contributed by atoms with Gasteiger partial charge in [0.2, 0.25) is 0 Å². The van der Waals surface area contributed by atoms with Gasteiger partial charge in [-0.2, -0.15) is 5.26 Å². The van der Waals surface area contributed by atoms with Crippen molar-refractivity contribution in [1.82, 2.24) is 9.88 Å². The second kappa shape index (κ2) is 8.29. The highest BCUT2D eigenvalue weighted by Crippen LogP contribution is 2.29. The average Bonchev–Trinajstić information content (AvgIpc) is 2.79. The van der Waals surface area contributed by atoms with Crippen LogP contribution < -0.4 is 15.8 Å². The zero-order chi connectivity index (χ0) is 22.2. The third-order valence-corrected chi connectivity index (χ3v) is 6.61. The Labute approximate surface area is 186 Å². The van der Waals surface area contributed by atoms with Crippen molar-refractivity contribution in [2.24, 2.45) is 0 Å². The minimum atomic E-state index is -0.471. The Bertz CT molecular complexity index is 1280. The Morgan fingerprint density at radius 1 is 1.22 bits per heavy atom. The number of aromatic amines is 1. The number of H-pyrrole nitrogens is 1. The normalized spacial score (nSPS) is 18.8. The average molecular weight is 432 g/mol. The topological polar surface area (TPSA) is 75.2 Å². The number of halogens is 1. The maximum atomic E-state index is 14.1. The molecule has 1 fully saturated rings. The molecule has 3 aromatic rings. The molecule has 1 saturated heterocycles. The van der Waals surface area contributed by atoms with Gasteiger partial charge in [-0.1, -0.05) is 12.1 Å². The molecule has 2 aromatic carbocycles. The van der Waals surface area contributed by atoms with Crippen molar-refractivity contribution >= 4 is 22.3 Å². The van der Waals surface area contributed by atoms with Crippen LogP contribution in [0.2, 0.25) is 0 Å². The number of hydrogen-bond donors (Lipinski definition) is 2. The van der Waals surface area contributed by atoms with Crippen LogP contribution in [0.5, 0.6) is 0 Å². The predicted molar refractivity (Wildman–Crippen MR) is 125 cm³/mol. The van der Waals surface area contributed by atoms with Crippen molar-refractivity contribution in [3.8, 4) is 6.07 Å². The van der Waals surface area contributed by atoms with Crippen LogP contribution in [0, 0.1) is 17.1 Å². The summed E-state index contributed by atoms with van der Waals surface area (Å²) in [6, 6.07) is 13.3. The van der Waals surface area contributed by atoms with Crippen LogP contribution in [-0.4, -0.2) is 42.1 Å². The van der Waals surface area contributed by atoms with E-state index in [1.54, 1.807) is 6.07 Å². The number of piperazine rings is 1. The van der Waals surface area contributed by atoms with Crippen molar-refractivity contribution in [3.05, 3.63) is 69.3 Å². The van der Waals surface area contributed by atoms with Crippen molar-refractivity contribution in [3.63, 3.8) is 0 Å². The molecule has 164 valence electrons. The second-order valence-electron chi connectivity index (χ2n) is 8.77. The highest BCUT2D eigenvalue weighted by molar-refractivity contribution is 5.93. The Hall–Kier alpha value is -3.37. The Morgan fingerprint density at radius 3 is 2.88 bits per heavy atom. The van der Waals surface area contributed by atoms with Crippen LogP contribution in [0.25, 0.3) is 10.9 Å². The van der Waals surface area contributed by atoms with Crippen molar-refractivity contribution < 1.29 is 4.39 Å². The number of nitrogens with zero attached hydrogens (tertiary/aromatic N) is 3. The molecule has 0 radical (unpaired) electrons. The minimum Gasteiger partial charge on any atom is -0.384 e. The van der Waals surface area contributed by atoms with E-state index in [1.165, 1.54) is 6.07 Å². The summed E-state index contributed by atoms with van der Waals surface area (Å²) in [4.78, 5) is 20.1. The third-order valence-electron chi connectivity index (χ3n) is 6.61. The first-order chi connectivity index (χ1) is 15.5. The molecular formula is C25H26FN5O. The standard InChI is InChI=1S/C25H26FN5O/c1-16-14-30(9-10-31(16)19-6-5-18(13-27)22(26)12-19)15-17-4-7-20-23(11-17)29-25(32)21-3-2-8-28-24(20)21/h4-7,11-12,16,28H,2-3,8-10,14-15H2,1H3,(H,29,32)/t16-/m1/s1. The highest BCUT2D eigenvalue weighted by atomic mass is 19.1. The molecule has 5 rings (SSSR count). The van der Waals surface area contributed by atoms with Gasteiger partial charge in [0.1, 0.15) is 11.9 Å². The second-order valence-corrected chi connectivity index (χ2v) is 8.77. The van der Waals surface area contributed by atoms with E-state index >= 15 is 0 Å². The fourth-order valence-electron chi connectivity index (χ4n) is 5.00. The van der Waals surface area contributed by atoms with Crippen LogP contribution in [0.1, 0.15) is 30.0 Å². The molecule has 7 heteroatoms. The first-order valence-electron chi connectivity index (χ1n) is 11.1. The van der Waals surface area contributed by atoms with E-state index in [1.807, 2.05) is 12.1 Å². The molecule has 0 bridgehead atoms. The lowest BCUT2D eigenvalue weighted by atomic mass is 10.0. The van der Waals surface area contributed by atoms with Gasteiger partial charge in [-0.3, -0.25) is 9.69 Å². The number of aromatic nitrogens is 1. The van der Waals surface area contributed by atoms with Crippen LogP contribution in [-0.2, 0) is 13.0 Å². The molecule has 2 aliphatic heterocycles. The predicted octanol–water partition coefficient (Wildman–Crippen LogP) is 3.61. The van der Waals surface area contributed by atoms with Crippen LogP contribution in [0.15, 0.2) is 41.2 Å². The number of rotatable bonds is 3. The molecule has 0 aliphatic carbocycles. The van der Waals surface area contributed by atoms with E-state index in [-0.39, 0.29) is 17.2 Å². The lowest BCUT2D eigenvalue weighted by molar-refractivity contribution is 0.221. The highest BCUT2D eigenvalue weighted by Gasteiger charge is 2.25. The number of nitrogens with one attached hydrogen (secondary N) is 2. The summed E-state index contributed by atoms with van der Waals surface area (Å²) in [6.07, 6.45) is 1.81. The number of benzene rings is 2. The lowest BCUT2D eigenvalue weighted by Crippen LogP contribution is -2.51. The molecule has 32 heavy (non-hydrogen) atoms. The number of fused-ring (bicyclic) bond motifs is 3. The van der Waals surface area contributed by atoms with E-state index < -0.39 is 5.82 Å². The number of nitriles is 1. The smallest absolute Gasteiger partial charge is 0.253 e. The van der Waals surface area contributed by atoms with Gasteiger partial charge in [-0.05, 0) is 49.6 Å². The molecule has 0 saturated carbocycles. The van der Waals surface area contributed by atoms with Gasteiger partial charge in [0, 0.05) is 55.4 Å². The van der Waals surface area contributed by atoms with Gasteiger partial charge in [0.25, 0.3) is 5.56 Å². The Balaban J connectivity index is 1.32. The van der Waals surface area contributed by atoms with Crippen LogP contribution >= 0.6 is 0 Å². The first kappa shape index (κ1) is 20.5. The quantitative estimate of drug-likeness (QED) is 0.663. The zero-order valence-electron chi connectivity index (χ0n) is 18.1. The molecule has 6 nitrogen and oxygen atoms in total. The molecule has 2 N–H and O–H groups in total. The zero-order valence-corrected chi connectivity index (χ0v) is 18.1. The number of pyridine rings is 1. The van der Waals surface area contributed by atoms with Crippen LogP contribution in [0.4, 0.5) is 15.8 Å². The van der Waals surface area contributed by atoms with Gasteiger partial charge in [0.15, 0.2) is 0 Å². The van der Waals surface area contributed by atoms with Gasteiger partial charge < -0.3 is 15.2 Å². The summed E-state index contributed by atoms with van der Waals surface area (Å²) in [5, 5.41) is 13.4. The fourth-order valence-corrected chi connectivity index (χ4v) is 5.00. The maximum Gasteiger partial charge on any atom is 0.253 e. The van der Waals surface area contributed by atoms with Gasteiger partial charge in [0.05, 0.1) is 16.8 Å². The molecule has 3 heterocycles. The SMILES string of the molecule is C[C@@H]1CN(Cc2ccc3c4c(c(=O)[nH]c3c2)CCCN4)CCN1c1ccc(C#N)c(F)c1. The summed E-state index contributed by atoms with van der Waals surface area (Å²) in [5.41, 5.74) is 4.78. The first-order valence-corrected chi connectivity index (χ1v) is 11.1. The lowest BCUT2D eigenvalue weighted by Gasteiger charge is -2.41. The van der Waals surface area contributed by atoms with Gasteiger partial charge in [-0.25, -0.2) is 4.39 Å². The summed E-state index contributed by atoms with van der Waals surface area (Å²) >= 11 is 0. The van der Waals surface area contributed by atoms with E-state index in [9.17, 15) is 9.18 Å². The molecule has 0 unspecified atom stereocenters. The summed E-state index contributed by atoms with van der Waals surface area (Å²) in [6.45, 7) is 6.32. The van der Waals surface area contributed by atoms with Gasteiger partial charge >= 0.3 is 0 Å². The minimum absolute atomic E-state index is 0.00809. The van der Waals surface area contributed by atoms with Gasteiger partial charge in [-0.15, -0.1) is 0 Å². The molecule has 0 amide bonds. The molecule has 0 spiro atoms. The number of anilines is 2. The van der Waals surface area contributed by atoms with E-state index in [2.05, 4.69) is 45.2 Å². The van der Waals surface area contributed by atoms with Crippen LogP contribution in [0.3, 0.4) is 0 Å². The van der Waals surface area contributed by atoms with E-state index in [4.69, 9.17) is 5.26 Å². The molecule has 2 aliphatic rings. The Kier molecular flexibility index (Phi) is 5.32. The monoisotopic (exact) mass is 431 g/mol. The van der Waals surface area contributed by atoms with Crippen molar-refractivity contribution in [2.75, 3.05) is 36.4 Å². The fraction of sp³-hybridized carbons (Fsp3) is 0.360. The molecular weight excluding hydrogens is 405 g/mol. The van der Waals surface area contributed by atoms with Crippen molar-refractivity contribution in [2.45, 2.75) is 32.4 Å². The maximum absolute atomic E-state index is 14.1. The summed E-state index contributed by atoms with van der Waals surface area (Å²) < 4.78 is 14.1. The Morgan fingerprint density at radius 2 is 2.09 bits per heavy atom. The molecule has 1 atom stereocenters. The van der Waals surface area contributed by atoms with E-state index in [0.29, 0.717) is 0 Å². The summed E-state index contributed by atoms with van der Waals surface area (Å²) in [5.74, 6) is -0.471. The van der Waals surface area contributed by atoms with E-state index in [0.717, 1.165) is 79.0 Å². The van der Waals surface area contributed by atoms with Crippen molar-refractivity contribution in [1.29, 1.82) is 5.26 Å². The largest absolute Gasteiger partial charge is 0.384 e.